The lowest BCUT2D eigenvalue weighted by Crippen LogP contribution is -2.28. The Hall–Kier alpha value is -3.36. The molecule has 0 bridgehead atoms. The number of amidine groups is 1. The third kappa shape index (κ3) is 6.07. The molecule has 0 aliphatic rings. The summed E-state index contributed by atoms with van der Waals surface area (Å²) >= 11 is 0. The van der Waals surface area contributed by atoms with Crippen LogP contribution in [0.5, 0.6) is 11.5 Å². The van der Waals surface area contributed by atoms with Crippen LogP contribution in [0, 0.1) is 0 Å². The number of nitrogens with zero attached hydrogens (tertiary/aromatic N) is 1. The smallest absolute Gasteiger partial charge is 0.387 e. The number of rotatable bonds is 9. The van der Waals surface area contributed by atoms with Gasteiger partial charge in [0.15, 0.2) is 17.3 Å². The van der Waals surface area contributed by atoms with Crippen molar-refractivity contribution >= 4 is 17.4 Å². The van der Waals surface area contributed by atoms with Gasteiger partial charge in [-0.15, -0.1) is 0 Å². The summed E-state index contributed by atoms with van der Waals surface area (Å²) in [5.74, 6) is -0.293. The van der Waals surface area contributed by atoms with Crippen LogP contribution in [0.3, 0.4) is 0 Å². The first-order valence-electron chi connectivity index (χ1n) is 9.25. The molecule has 7 nitrogen and oxygen atoms in total. The number of nitrogens with one attached hydrogen (secondary N) is 1. The molecular weight excluding hydrogens is 396 g/mol. The van der Waals surface area contributed by atoms with Gasteiger partial charge in [0.05, 0.1) is 7.11 Å². The van der Waals surface area contributed by atoms with Crippen LogP contribution in [0.1, 0.15) is 37.8 Å². The molecule has 162 valence electrons. The van der Waals surface area contributed by atoms with E-state index in [1.807, 2.05) is 38.1 Å². The van der Waals surface area contributed by atoms with Crippen molar-refractivity contribution in [2.24, 2.45) is 10.9 Å². The molecule has 1 amide bonds. The fraction of sp³-hybridized carbons (Fsp3) is 0.333. The lowest BCUT2D eigenvalue weighted by Gasteiger charge is -2.16. The van der Waals surface area contributed by atoms with E-state index in [4.69, 9.17) is 15.3 Å². The normalized spacial score (nSPS) is 12.6. The zero-order valence-electron chi connectivity index (χ0n) is 17.2. The lowest BCUT2D eigenvalue weighted by atomic mass is 10.0. The van der Waals surface area contributed by atoms with Crippen molar-refractivity contribution in [2.45, 2.75) is 39.4 Å². The number of ether oxygens (including phenoxy) is 2. The van der Waals surface area contributed by atoms with E-state index < -0.39 is 18.6 Å². The molecule has 0 aromatic heterocycles. The summed E-state index contributed by atoms with van der Waals surface area (Å²) in [5, 5.41) is 6.59. The van der Waals surface area contributed by atoms with Crippen molar-refractivity contribution in [2.75, 3.05) is 12.4 Å². The number of anilines is 1. The molecule has 0 fully saturated rings. The van der Waals surface area contributed by atoms with Crippen LogP contribution in [0.4, 0.5) is 14.5 Å². The highest BCUT2D eigenvalue weighted by molar-refractivity contribution is 5.98. The number of alkyl halides is 2. The van der Waals surface area contributed by atoms with Crippen molar-refractivity contribution in [1.82, 2.24) is 0 Å². The fourth-order valence-corrected chi connectivity index (χ4v) is 2.61. The minimum Gasteiger partial charge on any atom is -0.493 e. The molecule has 1 atom stereocenters. The summed E-state index contributed by atoms with van der Waals surface area (Å²) in [4.78, 5) is 17.7. The standard InChI is InChI=1S/C21H25F2N3O4/c1-12(2)15-7-5-6-8-16(15)25-20(27)13(3)30-26-19(24)14-9-10-17(29-21(22)23)18(11-14)28-4/h5-13,21H,1-4H3,(H2,24,26)(H,25,27). The molecule has 0 spiro atoms. The van der Waals surface area contributed by atoms with Crippen molar-refractivity contribution in [3.63, 3.8) is 0 Å². The maximum atomic E-state index is 12.4. The quantitative estimate of drug-likeness (QED) is 0.361. The van der Waals surface area contributed by atoms with Gasteiger partial charge in [0.2, 0.25) is 6.10 Å². The number of carbonyl (C=O) groups is 1. The van der Waals surface area contributed by atoms with Gasteiger partial charge < -0.3 is 25.4 Å². The molecule has 3 N–H and O–H groups in total. The SMILES string of the molecule is COc1cc(/C(N)=N/OC(C)C(=O)Nc2ccccc2C(C)C)ccc1OC(F)F. The molecule has 0 radical (unpaired) electrons. The van der Waals surface area contributed by atoms with Gasteiger partial charge in [-0.25, -0.2) is 0 Å². The number of nitrogens with two attached hydrogens (primary N) is 1. The van der Waals surface area contributed by atoms with Crippen LogP contribution in [-0.4, -0.2) is 31.6 Å². The highest BCUT2D eigenvalue weighted by Gasteiger charge is 2.18. The maximum absolute atomic E-state index is 12.4. The van der Waals surface area contributed by atoms with Gasteiger partial charge in [0.1, 0.15) is 0 Å². The van der Waals surface area contributed by atoms with Gasteiger partial charge in [-0.2, -0.15) is 8.78 Å². The first kappa shape index (κ1) is 22.9. The highest BCUT2D eigenvalue weighted by Crippen LogP contribution is 2.29. The number of benzene rings is 2. The number of hydrogen-bond acceptors (Lipinski definition) is 5. The van der Waals surface area contributed by atoms with Crippen LogP contribution < -0.4 is 20.5 Å². The van der Waals surface area contributed by atoms with E-state index in [2.05, 4.69) is 15.2 Å². The van der Waals surface area contributed by atoms with Crippen LogP contribution in [0.2, 0.25) is 0 Å². The molecule has 2 aromatic carbocycles. The average molecular weight is 421 g/mol. The molecule has 1 unspecified atom stereocenters. The van der Waals surface area contributed by atoms with Gasteiger partial charge in [-0.05, 0) is 42.7 Å². The van der Waals surface area contributed by atoms with Crippen LogP contribution in [0.25, 0.3) is 0 Å². The minimum absolute atomic E-state index is 0.0564. The Morgan fingerprint density at radius 3 is 2.43 bits per heavy atom. The Bertz CT molecular complexity index is 904. The summed E-state index contributed by atoms with van der Waals surface area (Å²) in [6, 6.07) is 11.6. The van der Waals surface area contributed by atoms with Crippen molar-refractivity contribution < 1.29 is 27.9 Å². The second kappa shape index (κ2) is 10.4. The second-order valence-corrected chi connectivity index (χ2v) is 6.70. The van der Waals surface area contributed by atoms with E-state index in [0.29, 0.717) is 11.3 Å². The Balaban J connectivity index is 2.07. The Morgan fingerprint density at radius 1 is 1.10 bits per heavy atom. The number of hydrogen-bond donors (Lipinski definition) is 2. The summed E-state index contributed by atoms with van der Waals surface area (Å²) in [6.45, 7) is 2.60. The number of para-hydroxylation sites is 1. The molecule has 0 saturated carbocycles. The topological polar surface area (TPSA) is 95.2 Å². The van der Waals surface area contributed by atoms with E-state index in [-0.39, 0.29) is 23.3 Å². The molecule has 0 saturated heterocycles. The van der Waals surface area contributed by atoms with Gasteiger partial charge in [-0.3, -0.25) is 4.79 Å². The van der Waals surface area contributed by atoms with Crippen molar-refractivity contribution in [3.8, 4) is 11.5 Å². The first-order valence-corrected chi connectivity index (χ1v) is 9.25. The zero-order valence-corrected chi connectivity index (χ0v) is 17.2. The molecule has 2 rings (SSSR count). The molecule has 0 aliphatic heterocycles. The third-order valence-electron chi connectivity index (χ3n) is 4.19. The molecule has 0 heterocycles. The van der Waals surface area contributed by atoms with Crippen molar-refractivity contribution in [1.29, 1.82) is 0 Å². The number of amides is 1. The predicted molar refractivity (Wildman–Crippen MR) is 110 cm³/mol. The molecular formula is C21H25F2N3O4. The van der Waals surface area contributed by atoms with E-state index in [1.54, 1.807) is 0 Å². The maximum Gasteiger partial charge on any atom is 0.387 e. The predicted octanol–water partition coefficient (Wildman–Crippen LogP) is 4.08. The second-order valence-electron chi connectivity index (χ2n) is 6.70. The average Bonchev–Trinajstić information content (AvgIpc) is 2.71. The third-order valence-corrected chi connectivity index (χ3v) is 4.19. The monoisotopic (exact) mass is 421 g/mol. The molecule has 30 heavy (non-hydrogen) atoms. The number of carbonyl (C=O) groups excluding carboxylic acids is 1. The fourth-order valence-electron chi connectivity index (χ4n) is 2.61. The summed E-state index contributed by atoms with van der Waals surface area (Å²) in [7, 11) is 1.31. The van der Waals surface area contributed by atoms with E-state index in [1.165, 1.54) is 32.2 Å². The van der Waals surface area contributed by atoms with Gasteiger partial charge >= 0.3 is 6.61 Å². The van der Waals surface area contributed by atoms with Crippen LogP contribution in [-0.2, 0) is 9.63 Å². The Morgan fingerprint density at radius 2 is 1.80 bits per heavy atom. The summed E-state index contributed by atoms with van der Waals surface area (Å²) in [6.07, 6.45) is -0.924. The number of halogens is 2. The van der Waals surface area contributed by atoms with Gasteiger partial charge in [-0.1, -0.05) is 37.2 Å². The van der Waals surface area contributed by atoms with Crippen LogP contribution >= 0.6 is 0 Å². The summed E-state index contributed by atoms with van der Waals surface area (Å²) in [5.41, 5.74) is 7.93. The van der Waals surface area contributed by atoms with E-state index in [9.17, 15) is 13.6 Å². The van der Waals surface area contributed by atoms with E-state index in [0.717, 1.165) is 5.56 Å². The Labute approximate surface area is 173 Å². The van der Waals surface area contributed by atoms with Crippen LogP contribution in [0.15, 0.2) is 47.6 Å². The van der Waals surface area contributed by atoms with Crippen molar-refractivity contribution in [3.05, 3.63) is 53.6 Å². The van der Waals surface area contributed by atoms with E-state index >= 15 is 0 Å². The van der Waals surface area contributed by atoms with Gasteiger partial charge in [0, 0.05) is 11.3 Å². The zero-order chi connectivity index (χ0) is 22.3. The lowest BCUT2D eigenvalue weighted by molar-refractivity contribution is -0.126. The largest absolute Gasteiger partial charge is 0.493 e. The first-order chi connectivity index (χ1) is 14.2. The highest BCUT2D eigenvalue weighted by atomic mass is 19.3. The summed E-state index contributed by atoms with van der Waals surface area (Å²) < 4.78 is 34.2. The molecule has 2 aromatic rings. The Kier molecular flexibility index (Phi) is 7.97. The minimum atomic E-state index is -2.99. The number of oxime groups is 1. The molecule has 9 heteroatoms. The number of methoxy groups -OCH3 is 1. The molecule has 0 aliphatic carbocycles. The van der Waals surface area contributed by atoms with Gasteiger partial charge in [0.25, 0.3) is 5.91 Å².